The molecule has 0 saturated carbocycles. The van der Waals surface area contributed by atoms with E-state index in [0.29, 0.717) is 5.56 Å². The van der Waals surface area contributed by atoms with Gasteiger partial charge in [-0.2, -0.15) is 0 Å². The second kappa shape index (κ2) is 5.85. The van der Waals surface area contributed by atoms with Gasteiger partial charge in [0.05, 0.1) is 6.04 Å². The molecule has 0 aliphatic heterocycles. The van der Waals surface area contributed by atoms with Crippen LogP contribution in [0.3, 0.4) is 0 Å². The summed E-state index contributed by atoms with van der Waals surface area (Å²) in [6, 6.07) is 11.6. The predicted octanol–water partition coefficient (Wildman–Crippen LogP) is 4.51. The van der Waals surface area contributed by atoms with Gasteiger partial charge in [0.15, 0.2) is 0 Å². The smallest absolute Gasteiger partial charge is 0.126 e. The van der Waals surface area contributed by atoms with Crippen molar-refractivity contribution in [3.63, 3.8) is 0 Å². The van der Waals surface area contributed by atoms with Crippen LogP contribution >= 0.6 is 15.9 Å². The van der Waals surface area contributed by atoms with E-state index in [1.165, 1.54) is 11.6 Å². The molecule has 100 valence electrons. The van der Waals surface area contributed by atoms with E-state index in [4.69, 9.17) is 0 Å². The molecule has 2 aromatic carbocycles. The van der Waals surface area contributed by atoms with Gasteiger partial charge in [0.25, 0.3) is 0 Å². The quantitative estimate of drug-likeness (QED) is 0.876. The van der Waals surface area contributed by atoms with E-state index < -0.39 is 0 Å². The van der Waals surface area contributed by atoms with Crippen LogP contribution in [0.1, 0.15) is 28.3 Å². The molecule has 0 amide bonds. The summed E-state index contributed by atoms with van der Waals surface area (Å²) in [5, 5.41) is 3.28. The average molecular weight is 322 g/mol. The van der Waals surface area contributed by atoms with E-state index >= 15 is 0 Å². The second-order valence-electron chi connectivity index (χ2n) is 4.74. The molecule has 0 fully saturated rings. The lowest BCUT2D eigenvalue weighted by atomic mass is 9.96. The minimum absolute atomic E-state index is 0.0659. The Hall–Kier alpha value is -1.19. The number of rotatable bonds is 3. The van der Waals surface area contributed by atoms with Gasteiger partial charge in [0.2, 0.25) is 0 Å². The van der Waals surface area contributed by atoms with Crippen molar-refractivity contribution >= 4 is 15.9 Å². The first-order chi connectivity index (χ1) is 9.02. The predicted molar refractivity (Wildman–Crippen MR) is 80.9 cm³/mol. The molecule has 0 aliphatic carbocycles. The van der Waals surface area contributed by atoms with E-state index in [-0.39, 0.29) is 11.9 Å². The minimum Gasteiger partial charge on any atom is -0.309 e. The van der Waals surface area contributed by atoms with E-state index in [0.717, 1.165) is 15.6 Å². The van der Waals surface area contributed by atoms with Crippen molar-refractivity contribution in [1.29, 1.82) is 0 Å². The third-order valence-electron chi connectivity index (χ3n) is 3.33. The van der Waals surface area contributed by atoms with Crippen LogP contribution in [0.5, 0.6) is 0 Å². The Bertz CT molecular complexity index is 544. The molecular weight excluding hydrogens is 305 g/mol. The van der Waals surface area contributed by atoms with Crippen molar-refractivity contribution in [3.05, 3.63) is 68.9 Å². The first kappa shape index (κ1) is 14.2. The van der Waals surface area contributed by atoms with Crippen molar-refractivity contribution in [1.82, 2.24) is 5.32 Å². The van der Waals surface area contributed by atoms with Gasteiger partial charge in [0.1, 0.15) is 5.82 Å². The van der Waals surface area contributed by atoms with Gasteiger partial charge < -0.3 is 5.32 Å². The molecular formula is C16H17BrFN. The standard InChI is InChI=1S/C16H17BrFN/c1-10-4-5-13(9-14(10)17)16(19-3)12-6-7-15(18)11(2)8-12/h4-9,16,19H,1-3H3. The molecule has 2 rings (SSSR count). The Morgan fingerprint density at radius 1 is 1.00 bits per heavy atom. The number of nitrogens with one attached hydrogen (secondary N) is 1. The Morgan fingerprint density at radius 3 is 2.21 bits per heavy atom. The highest BCUT2D eigenvalue weighted by Gasteiger charge is 2.13. The number of benzene rings is 2. The summed E-state index contributed by atoms with van der Waals surface area (Å²) in [7, 11) is 1.91. The molecule has 0 bridgehead atoms. The zero-order valence-electron chi connectivity index (χ0n) is 11.3. The number of halogens is 2. The zero-order valence-corrected chi connectivity index (χ0v) is 12.9. The maximum Gasteiger partial charge on any atom is 0.126 e. The molecule has 1 N–H and O–H groups in total. The molecule has 0 aromatic heterocycles. The van der Waals surface area contributed by atoms with E-state index in [1.807, 2.05) is 19.2 Å². The molecule has 1 nitrogen and oxygen atoms in total. The first-order valence-electron chi connectivity index (χ1n) is 6.22. The fourth-order valence-electron chi connectivity index (χ4n) is 2.16. The number of aryl methyl sites for hydroxylation is 2. The Balaban J connectivity index is 2.43. The van der Waals surface area contributed by atoms with Crippen LogP contribution in [0.15, 0.2) is 40.9 Å². The lowest BCUT2D eigenvalue weighted by molar-refractivity contribution is 0.614. The highest BCUT2D eigenvalue weighted by Crippen LogP contribution is 2.27. The molecule has 0 heterocycles. The monoisotopic (exact) mass is 321 g/mol. The van der Waals surface area contributed by atoms with Crippen LogP contribution in [0, 0.1) is 19.7 Å². The van der Waals surface area contributed by atoms with E-state index in [9.17, 15) is 4.39 Å². The van der Waals surface area contributed by atoms with E-state index in [1.54, 1.807) is 6.92 Å². The van der Waals surface area contributed by atoms with Crippen molar-refractivity contribution in [3.8, 4) is 0 Å². The fourth-order valence-corrected chi connectivity index (χ4v) is 2.56. The number of hydrogen-bond donors (Lipinski definition) is 1. The van der Waals surface area contributed by atoms with Gasteiger partial charge in [-0.05, 0) is 55.3 Å². The van der Waals surface area contributed by atoms with Gasteiger partial charge in [0, 0.05) is 4.47 Å². The van der Waals surface area contributed by atoms with Crippen molar-refractivity contribution in [2.24, 2.45) is 0 Å². The molecule has 1 unspecified atom stereocenters. The summed E-state index contributed by atoms with van der Waals surface area (Å²) in [6.07, 6.45) is 0. The Labute approximate surface area is 122 Å². The molecule has 0 saturated heterocycles. The minimum atomic E-state index is -0.163. The van der Waals surface area contributed by atoms with Crippen molar-refractivity contribution in [2.75, 3.05) is 7.05 Å². The lowest BCUT2D eigenvalue weighted by Gasteiger charge is -2.18. The van der Waals surface area contributed by atoms with Crippen molar-refractivity contribution in [2.45, 2.75) is 19.9 Å². The summed E-state index contributed by atoms with van der Waals surface area (Å²) in [5.41, 5.74) is 4.10. The second-order valence-corrected chi connectivity index (χ2v) is 5.59. The third-order valence-corrected chi connectivity index (χ3v) is 4.19. The van der Waals surface area contributed by atoms with Crippen LogP contribution in [-0.2, 0) is 0 Å². The average Bonchev–Trinajstić information content (AvgIpc) is 2.39. The van der Waals surface area contributed by atoms with Crippen LogP contribution < -0.4 is 5.32 Å². The Kier molecular flexibility index (Phi) is 4.38. The van der Waals surface area contributed by atoms with Gasteiger partial charge in [-0.3, -0.25) is 0 Å². The maximum atomic E-state index is 13.4. The summed E-state index contributed by atoms with van der Waals surface area (Å²) < 4.78 is 14.4. The highest BCUT2D eigenvalue weighted by molar-refractivity contribution is 9.10. The lowest BCUT2D eigenvalue weighted by Crippen LogP contribution is -2.18. The first-order valence-corrected chi connectivity index (χ1v) is 7.01. The van der Waals surface area contributed by atoms with Crippen LogP contribution in [0.2, 0.25) is 0 Å². The third kappa shape index (κ3) is 3.04. The van der Waals surface area contributed by atoms with Gasteiger partial charge in [-0.25, -0.2) is 4.39 Å². The van der Waals surface area contributed by atoms with Crippen molar-refractivity contribution < 1.29 is 4.39 Å². The normalized spacial score (nSPS) is 12.5. The summed E-state index contributed by atoms with van der Waals surface area (Å²) in [4.78, 5) is 0. The summed E-state index contributed by atoms with van der Waals surface area (Å²) in [5.74, 6) is -0.163. The molecule has 0 aliphatic rings. The highest BCUT2D eigenvalue weighted by atomic mass is 79.9. The molecule has 2 aromatic rings. The van der Waals surface area contributed by atoms with Crippen LogP contribution in [-0.4, -0.2) is 7.05 Å². The molecule has 1 atom stereocenters. The Morgan fingerprint density at radius 2 is 1.63 bits per heavy atom. The van der Waals surface area contributed by atoms with Gasteiger partial charge in [-0.15, -0.1) is 0 Å². The molecule has 3 heteroatoms. The molecule has 0 spiro atoms. The van der Waals surface area contributed by atoms with Gasteiger partial charge >= 0.3 is 0 Å². The summed E-state index contributed by atoms with van der Waals surface area (Å²) >= 11 is 3.55. The molecule has 0 radical (unpaired) electrons. The van der Waals surface area contributed by atoms with E-state index in [2.05, 4.69) is 46.4 Å². The maximum absolute atomic E-state index is 13.4. The zero-order chi connectivity index (χ0) is 14.0. The summed E-state index contributed by atoms with van der Waals surface area (Å²) in [6.45, 7) is 3.85. The SMILES string of the molecule is CNC(c1ccc(F)c(C)c1)c1ccc(C)c(Br)c1. The van der Waals surface area contributed by atoms with Crippen LogP contribution in [0.4, 0.5) is 4.39 Å². The number of hydrogen-bond acceptors (Lipinski definition) is 1. The molecule has 19 heavy (non-hydrogen) atoms. The van der Waals surface area contributed by atoms with Gasteiger partial charge in [-0.1, -0.05) is 40.2 Å². The topological polar surface area (TPSA) is 12.0 Å². The van der Waals surface area contributed by atoms with Crippen LogP contribution in [0.25, 0.3) is 0 Å². The largest absolute Gasteiger partial charge is 0.309 e. The fraction of sp³-hybridized carbons (Fsp3) is 0.250.